The predicted molar refractivity (Wildman–Crippen MR) is 68.4 cm³/mol. The van der Waals surface area contributed by atoms with Gasteiger partial charge in [-0.25, -0.2) is 0 Å². The molecular formula is C13H11NO3S. The van der Waals surface area contributed by atoms with Crippen molar-refractivity contribution in [2.24, 2.45) is 5.73 Å². The second-order valence-corrected chi connectivity index (χ2v) is 5.90. The third-order valence-electron chi connectivity index (χ3n) is 3.35. The summed E-state index contributed by atoms with van der Waals surface area (Å²) in [7, 11) is -4.45. The molecular weight excluding hydrogens is 250 g/mol. The van der Waals surface area contributed by atoms with Crippen molar-refractivity contribution >= 4 is 10.1 Å². The molecule has 2 aromatic carbocycles. The summed E-state index contributed by atoms with van der Waals surface area (Å²) in [4.78, 5) is -1.87. The summed E-state index contributed by atoms with van der Waals surface area (Å²) in [5.41, 5.74) is 8.33. The Balaban J connectivity index is 2.49. The number of rotatable bonds is 1. The molecule has 5 heteroatoms. The Hall–Kier alpha value is -1.69. The lowest BCUT2D eigenvalue weighted by Gasteiger charge is -2.23. The largest absolute Gasteiger partial charge is 0.303 e. The highest BCUT2D eigenvalue weighted by molar-refractivity contribution is 7.87. The van der Waals surface area contributed by atoms with Crippen LogP contribution in [0.3, 0.4) is 0 Å². The molecule has 92 valence electrons. The van der Waals surface area contributed by atoms with Gasteiger partial charge in [-0.15, -0.1) is 0 Å². The van der Waals surface area contributed by atoms with Crippen LogP contribution in [0.25, 0.3) is 11.1 Å². The average Bonchev–Trinajstić information content (AvgIpc) is 2.62. The van der Waals surface area contributed by atoms with Crippen LogP contribution < -0.4 is 5.73 Å². The van der Waals surface area contributed by atoms with E-state index in [-0.39, 0.29) is 0 Å². The second kappa shape index (κ2) is 3.41. The maximum Gasteiger partial charge on any atom is 0.292 e. The van der Waals surface area contributed by atoms with Gasteiger partial charge in [0.1, 0.15) is 0 Å². The summed E-state index contributed by atoms with van der Waals surface area (Å²) in [6, 6.07) is 13.9. The van der Waals surface area contributed by atoms with E-state index in [0.29, 0.717) is 11.1 Å². The first-order valence-electron chi connectivity index (χ1n) is 5.41. The molecule has 0 aliphatic heterocycles. The molecule has 0 atom stereocenters. The molecule has 18 heavy (non-hydrogen) atoms. The molecule has 0 radical (unpaired) electrons. The van der Waals surface area contributed by atoms with E-state index in [1.807, 2.05) is 12.1 Å². The third-order valence-corrected chi connectivity index (χ3v) is 4.61. The minimum atomic E-state index is -4.45. The highest BCUT2D eigenvalue weighted by atomic mass is 32.2. The summed E-state index contributed by atoms with van der Waals surface area (Å²) in [6.07, 6.45) is 0. The first kappa shape index (κ1) is 11.4. The second-order valence-electron chi connectivity index (χ2n) is 4.30. The van der Waals surface area contributed by atoms with E-state index < -0.39 is 15.0 Å². The minimum absolute atomic E-state index is 0.411. The maximum absolute atomic E-state index is 11.7. The van der Waals surface area contributed by atoms with Gasteiger partial charge >= 0.3 is 0 Å². The van der Waals surface area contributed by atoms with Crippen LogP contribution in [-0.4, -0.2) is 13.0 Å². The Bertz CT molecular complexity index is 692. The SMILES string of the molecule is NC1(S(=O)(=O)O)c2ccccc2-c2ccccc21. The van der Waals surface area contributed by atoms with Crippen molar-refractivity contribution in [3.8, 4) is 11.1 Å². The van der Waals surface area contributed by atoms with Crippen molar-refractivity contribution < 1.29 is 13.0 Å². The van der Waals surface area contributed by atoms with Crippen LogP contribution in [0.1, 0.15) is 11.1 Å². The molecule has 0 amide bonds. The number of fused-ring (bicyclic) bond motifs is 3. The molecule has 0 heterocycles. The first-order chi connectivity index (χ1) is 8.46. The zero-order chi connectivity index (χ0) is 13.0. The van der Waals surface area contributed by atoms with Gasteiger partial charge in [-0.3, -0.25) is 4.55 Å². The standard InChI is InChI=1S/C13H11NO3S/c14-13(18(15,16)17)11-7-3-1-5-9(11)10-6-2-4-8-12(10)13/h1-8H,14H2,(H,15,16,17). The predicted octanol–water partition coefficient (Wildman–Crippen LogP) is 1.71. The van der Waals surface area contributed by atoms with Gasteiger partial charge < -0.3 is 5.73 Å². The van der Waals surface area contributed by atoms with E-state index in [9.17, 15) is 13.0 Å². The highest BCUT2D eigenvalue weighted by Crippen LogP contribution is 2.47. The van der Waals surface area contributed by atoms with Gasteiger partial charge in [0, 0.05) is 11.1 Å². The van der Waals surface area contributed by atoms with Crippen LogP contribution in [0.2, 0.25) is 0 Å². The lowest BCUT2D eigenvalue weighted by molar-refractivity contribution is 0.450. The van der Waals surface area contributed by atoms with Crippen molar-refractivity contribution in [1.82, 2.24) is 0 Å². The topological polar surface area (TPSA) is 80.4 Å². The molecule has 0 saturated heterocycles. The Kier molecular flexibility index (Phi) is 2.16. The Morgan fingerprint density at radius 2 is 1.28 bits per heavy atom. The molecule has 0 bridgehead atoms. The zero-order valence-corrected chi connectivity index (χ0v) is 10.2. The molecule has 4 nitrogen and oxygen atoms in total. The van der Waals surface area contributed by atoms with Gasteiger partial charge in [0.25, 0.3) is 10.1 Å². The summed E-state index contributed by atoms with van der Waals surface area (Å²) >= 11 is 0. The summed E-state index contributed by atoms with van der Waals surface area (Å²) in [5.74, 6) is 0. The maximum atomic E-state index is 11.7. The normalized spacial score (nSPS) is 16.1. The zero-order valence-electron chi connectivity index (χ0n) is 9.37. The van der Waals surface area contributed by atoms with Gasteiger partial charge in [-0.1, -0.05) is 48.5 Å². The van der Waals surface area contributed by atoms with Crippen LogP contribution in [-0.2, 0) is 15.0 Å². The van der Waals surface area contributed by atoms with E-state index in [0.717, 1.165) is 11.1 Å². The van der Waals surface area contributed by atoms with Gasteiger partial charge in [0.2, 0.25) is 0 Å². The van der Waals surface area contributed by atoms with Crippen LogP contribution >= 0.6 is 0 Å². The van der Waals surface area contributed by atoms with Gasteiger partial charge in [-0.05, 0) is 11.1 Å². The fourth-order valence-corrected chi connectivity index (χ4v) is 3.42. The minimum Gasteiger partial charge on any atom is -0.303 e. The molecule has 1 aliphatic rings. The van der Waals surface area contributed by atoms with E-state index in [1.54, 1.807) is 36.4 Å². The van der Waals surface area contributed by atoms with Gasteiger partial charge in [-0.2, -0.15) is 8.42 Å². The first-order valence-corrected chi connectivity index (χ1v) is 6.85. The summed E-state index contributed by atoms with van der Waals surface area (Å²) in [6.45, 7) is 0. The summed E-state index contributed by atoms with van der Waals surface area (Å²) < 4.78 is 32.9. The summed E-state index contributed by atoms with van der Waals surface area (Å²) in [5, 5.41) is 0. The molecule has 0 spiro atoms. The van der Waals surface area contributed by atoms with Crippen LogP contribution in [0.4, 0.5) is 0 Å². The van der Waals surface area contributed by atoms with E-state index >= 15 is 0 Å². The Morgan fingerprint density at radius 1 is 0.889 bits per heavy atom. The molecule has 0 saturated carbocycles. The quantitative estimate of drug-likeness (QED) is 0.766. The molecule has 0 aromatic heterocycles. The average molecular weight is 261 g/mol. The Morgan fingerprint density at radius 3 is 1.67 bits per heavy atom. The molecule has 3 N–H and O–H groups in total. The fraction of sp³-hybridized carbons (Fsp3) is 0.0769. The lowest BCUT2D eigenvalue weighted by atomic mass is 10.1. The Labute approximate surface area is 105 Å². The lowest BCUT2D eigenvalue weighted by Crippen LogP contribution is -2.43. The van der Waals surface area contributed by atoms with Crippen LogP contribution in [0, 0.1) is 0 Å². The van der Waals surface area contributed by atoms with Gasteiger partial charge in [0.05, 0.1) is 0 Å². The van der Waals surface area contributed by atoms with Crippen molar-refractivity contribution in [1.29, 1.82) is 0 Å². The van der Waals surface area contributed by atoms with E-state index in [4.69, 9.17) is 5.73 Å². The molecule has 1 aliphatic carbocycles. The van der Waals surface area contributed by atoms with Crippen molar-refractivity contribution in [2.45, 2.75) is 4.87 Å². The smallest absolute Gasteiger partial charge is 0.292 e. The number of hydrogen-bond acceptors (Lipinski definition) is 3. The van der Waals surface area contributed by atoms with Crippen molar-refractivity contribution in [3.05, 3.63) is 59.7 Å². The third kappa shape index (κ3) is 1.23. The number of hydrogen-bond donors (Lipinski definition) is 2. The molecule has 3 rings (SSSR count). The van der Waals surface area contributed by atoms with Crippen molar-refractivity contribution in [3.63, 3.8) is 0 Å². The van der Waals surface area contributed by atoms with Crippen LogP contribution in [0.15, 0.2) is 48.5 Å². The number of nitrogens with two attached hydrogens (primary N) is 1. The van der Waals surface area contributed by atoms with Crippen molar-refractivity contribution in [2.75, 3.05) is 0 Å². The molecule has 0 unspecified atom stereocenters. The van der Waals surface area contributed by atoms with Crippen LogP contribution in [0.5, 0.6) is 0 Å². The van der Waals surface area contributed by atoms with E-state index in [1.165, 1.54) is 0 Å². The molecule has 2 aromatic rings. The molecule has 0 fully saturated rings. The number of benzene rings is 2. The fourth-order valence-electron chi connectivity index (χ4n) is 2.51. The van der Waals surface area contributed by atoms with E-state index in [2.05, 4.69) is 0 Å². The monoisotopic (exact) mass is 261 g/mol. The highest BCUT2D eigenvalue weighted by Gasteiger charge is 2.49. The van der Waals surface area contributed by atoms with Gasteiger partial charge in [0.15, 0.2) is 4.87 Å².